The summed E-state index contributed by atoms with van der Waals surface area (Å²) in [6, 6.07) is -0.415. The minimum absolute atomic E-state index is 0.0655. The van der Waals surface area contributed by atoms with E-state index in [9.17, 15) is 9.90 Å². The van der Waals surface area contributed by atoms with Gasteiger partial charge in [0, 0.05) is 18.8 Å². The Morgan fingerprint density at radius 3 is 3.00 bits per heavy atom. The number of hydrogen-bond acceptors (Lipinski definition) is 8. The van der Waals surface area contributed by atoms with Gasteiger partial charge in [0.05, 0.1) is 37.1 Å². The van der Waals surface area contributed by atoms with Crippen molar-refractivity contribution in [1.29, 1.82) is 0 Å². The minimum atomic E-state index is -0.481. The van der Waals surface area contributed by atoms with Gasteiger partial charge in [-0.05, 0) is 12.3 Å². The molecule has 154 valence electrons. The molecule has 2 aliphatic heterocycles. The molecule has 3 atom stereocenters. The van der Waals surface area contributed by atoms with E-state index in [1.165, 1.54) is 38.3 Å². The highest BCUT2D eigenvalue weighted by atomic mass is 16.5. The molecule has 1 amide bonds. The number of aliphatic hydroxyl groups is 1. The first-order valence-electron chi connectivity index (χ1n) is 10.1. The van der Waals surface area contributed by atoms with E-state index in [0.717, 1.165) is 18.0 Å². The van der Waals surface area contributed by atoms with Crippen molar-refractivity contribution < 1.29 is 14.6 Å². The summed E-state index contributed by atoms with van der Waals surface area (Å²) in [5.74, 6) is 0.419. The van der Waals surface area contributed by atoms with Crippen molar-refractivity contribution >= 4 is 5.91 Å². The van der Waals surface area contributed by atoms with Crippen molar-refractivity contribution in [2.75, 3.05) is 13.2 Å². The first-order chi connectivity index (χ1) is 13.7. The van der Waals surface area contributed by atoms with Crippen molar-refractivity contribution in [2.45, 2.75) is 63.1 Å². The van der Waals surface area contributed by atoms with Gasteiger partial charge in [-0.1, -0.05) is 37.3 Å². The number of hydrazine groups is 2. The summed E-state index contributed by atoms with van der Waals surface area (Å²) in [6.45, 7) is 0.300. The second-order valence-electron chi connectivity index (χ2n) is 7.87. The topological polar surface area (TPSA) is 125 Å². The fourth-order valence-corrected chi connectivity index (χ4v) is 4.25. The quantitative estimate of drug-likeness (QED) is 0.428. The average Bonchev–Trinajstić information content (AvgIpc) is 3.48. The third-order valence-electron chi connectivity index (χ3n) is 5.85. The van der Waals surface area contributed by atoms with Gasteiger partial charge < -0.3 is 20.6 Å². The third-order valence-corrected chi connectivity index (χ3v) is 5.85. The Balaban J connectivity index is 1.31. The van der Waals surface area contributed by atoms with Crippen LogP contribution in [-0.2, 0) is 16.0 Å². The molecule has 10 nitrogen and oxygen atoms in total. The van der Waals surface area contributed by atoms with Crippen LogP contribution in [0.4, 0.5) is 0 Å². The lowest BCUT2D eigenvalue weighted by Gasteiger charge is -2.22. The van der Waals surface area contributed by atoms with Crippen LogP contribution in [0.3, 0.4) is 0 Å². The van der Waals surface area contributed by atoms with E-state index in [1.54, 1.807) is 0 Å². The maximum absolute atomic E-state index is 12.2. The van der Waals surface area contributed by atoms with Crippen LogP contribution in [-0.4, -0.2) is 51.4 Å². The predicted octanol–water partition coefficient (Wildman–Crippen LogP) is -0.338. The molecule has 1 aromatic rings. The molecule has 10 heteroatoms. The first kappa shape index (κ1) is 19.2. The van der Waals surface area contributed by atoms with Crippen molar-refractivity contribution in [3.05, 3.63) is 23.8 Å². The highest BCUT2D eigenvalue weighted by Gasteiger charge is 2.34. The Hall–Kier alpha value is -2.17. The molecule has 3 aliphatic rings. The van der Waals surface area contributed by atoms with Gasteiger partial charge in [-0.3, -0.25) is 10.2 Å². The number of nitrogens with zero attached hydrogens (tertiary/aromatic N) is 3. The van der Waals surface area contributed by atoms with Crippen LogP contribution in [0.1, 0.15) is 50.3 Å². The summed E-state index contributed by atoms with van der Waals surface area (Å²) in [5, 5.41) is 21.2. The van der Waals surface area contributed by atoms with E-state index in [1.807, 2.05) is 10.9 Å². The number of hydrogen-bond donors (Lipinski definition) is 5. The molecular weight excluding hydrogens is 362 g/mol. The summed E-state index contributed by atoms with van der Waals surface area (Å²) >= 11 is 0. The highest BCUT2D eigenvalue weighted by molar-refractivity contribution is 5.93. The van der Waals surface area contributed by atoms with Crippen LogP contribution in [0.25, 0.3) is 0 Å². The SMILES string of the molecule is O=C(N[C@@H](CO)[C@@H]1C[C@@H](n2cc(CC3CCCCC3)nn2)CO1)C1=CNNN1. The predicted molar refractivity (Wildman–Crippen MR) is 100 cm³/mol. The second kappa shape index (κ2) is 8.89. The van der Waals surface area contributed by atoms with Crippen LogP contribution in [0.15, 0.2) is 18.1 Å². The summed E-state index contributed by atoms with van der Waals surface area (Å²) < 4.78 is 7.74. The Morgan fingerprint density at radius 1 is 1.39 bits per heavy atom. The minimum Gasteiger partial charge on any atom is -0.394 e. The third kappa shape index (κ3) is 4.45. The Bertz CT molecular complexity index is 701. The number of amides is 1. The van der Waals surface area contributed by atoms with E-state index in [4.69, 9.17) is 4.74 Å². The molecular formula is C18H29N7O3. The molecule has 5 N–H and O–H groups in total. The number of ether oxygens (including phenoxy) is 1. The van der Waals surface area contributed by atoms with Gasteiger partial charge in [-0.2, -0.15) is 5.53 Å². The van der Waals surface area contributed by atoms with Gasteiger partial charge >= 0.3 is 0 Å². The standard InChI is InChI=1S/C18H29N7O3/c26-10-16(20-18(27)15-8-19-23-22-15)17-7-14(11-28-17)25-9-13(21-24-25)6-12-4-2-1-3-5-12/h8-9,12,14,16-17,19,22-23,26H,1-7,10-11H2,(H,20,27)/t14-,16+,17+/m1/s1. The number of carbonyl (C=O) groups excluding carboxylic acids is 1. The van der Waals surface area contributed by atoms with Gasteiger partial charge in [-0.15, -0.1) is 5.10 Å². The highest BCUT2D eigenvalue weighted by Crippen LogP contribution is 2.28. The lowest BCUT2D eigenvalue weighted by Crippen LogP contribution is -2.48. The molecule has 28 heavy (non-hydrogen) atoms. The molecule has 0 unspecified atom stereocenters. The zero-order valence-corrected chi connectivity index (χ0v) is 15.9. The van der Waals surface area contributed by atoms with Gasteiger partial charge in [0.2, 0.25) is 0 Å². The zero-order chi connectivity index (χ0) is 19.3. The summed E-state index contributed by atoms with van der Waals surface area (Å²) in [7, 11) is 0. The van der Waals surface area contributed by atoms with E-state index in [2.05, 4.69) is 32.0 Å². The lowest BCUT2D eigenvalue weighted by atomic mass is 9.86. The summed E-state index contributed by atoms with van der Waals surface area (Å²) in [5.41, 5.74) is 9.38. The van der Waals surface area contributed by atoms with E-state index >= 15 is 0 Å². The average molecular weight is 391 g/mol. The fraction of sp³-hybridized carbons (Fsp3) is 0.722. The first-order valence-corrected chi connectivity index (χ1v) is 10.1. The fourth-order valence-electron chi connectivity index (χ4n) is 4.25. The van der Waals surface area contributed by atoms with Crippen LogP contribution >= 0.6 is 0 Å². The Labute approximate surface area is 164 Å². The molecule has 1 aliphatic carbocycles. The van der Waals surface area contributed by atoms with E-state index < -0.39 is 6.04 Å². The number of aliphatic hydroxyl groups excluding tert-OH is 1. The van der Waals surface area contributed by atoms with Crippen LogP contribution < -0.4 is 21.7 Å². The van der Waals surface area contributed by atoms with Gasteiger partial charge in [-0.25, -0.2) is 4.68 Å². The van der Waals surface area contributed by atoms with E-state index in [-0.39, 0.29) is 24.7 Å². The molecule has 3 heterocycles. The largest absolute Gasteiger partial charge is 0.394 e. The van der Waals surface area contributed by atoms with Crippen molar-refractivity contribution in [3.8, 4) is 0 Å². The van der Waals surface area contributed by atoms with Crippen LogP contribution in [0, 0.1) is 5.92 Å². The second-order valence-corrected chi connectivity index (χ2v) is 7.87. The normalized spacial score (nSPS) is 26.4. The van der Waals surface area contributed by atoms with Crippen molar-refractivity contribution in [3.63, 3.8) is 0 Å². The molecule has 0 bridgehead atoms. The van der Waals surface area contributed by atoms with Gasteiger partial charge in [0.15, 0.2) is 0 Å². The van der Waals surface area contributed by atoms with Crippen LogP contribution in [0.2, 0.25) is 0 Å². The molecule has 2 fully saturated rings. The number of carbonyl (C=O) groups is 1. The maximum atomic E-state index is 12.2. The Kier molecular flexibility index (Phi) is 6.08. The van der Waals surface area contributed by atoms with E-state index in [0.29, 0.717) is 18.7 Å². The smallest absolute Gasteiger partial charge is 0.270 e. The van der Waals surface area contributed by atoms with Crippen molar-refractivity contribution in [1.82, 2.24) is 36.7 Å². The number of aromatic nitrogens is 3. The van der Waals surface area contributed by atoms with Crippen LogP contribution in [0.5, 0.6) is 0 Å². The molecule has 1 saturated carbocycles. The summed E-state index contributed by atoms with van der Waals surface area (Å²) in [4.78, 5) is 12.2. The monoisotopic (exact) mass is 391 g/mol. The maximum Gasteiger partial charge on any atom is 0.270 e. The molecule has 4 rings (SSSR count). The summed E-state index contributed by atoms with van der Waals surface area (Å²) in [6.07, 6.45) is 11.5. The van der Waals surface area contributed by atoms with Crippen molar-refractivity contribution in [2.24, 2.45) is 5.92 Å². The lowest BCUT2D eigenvalue weighted by molar-refractivity contribution is -0.120. The molecule has 0 aromatic carbocycles. The number of nitrogens with one attached hydrogen (secondary N) is 4. The molecule has 1 aromatic heterocycles. The zero-order valence-electron chi connectivity index (χ0n) is 15.9. The number of rotatable bonds is 7. The Morgan fingerprint density at radius 2 is 2.25 bits per heavy atom. The molecule has 0 spiro atoms. The molecule has 1 saturated heterocycles. The van der Waals surface area contributed by atoms with Gasteiger partial charge in [0.1, 0.15) is 5.70 Å². The molecule has 0 radical (unpaired) electrons. The van der Waals surface area contributed by atoms with Gasteiger partial charge in [0.25, 0.3) is 5.91 Å².